The number of nitrogens with zero attached hydrogens (tertiary/aromatic N) is 1. The predicted molar refractivity (Wildman–Crippen MR) is 126 cm³/mol. The van der Waals surface area contributed by atoms with Crippen LogP contribution in [0.1, 0.15) is 11.1 Å². The third-order valence-electron chi connectivity index (χ3n) is 4.94. The Bertz CT molecular complexity index is 1080. The summed E-state index contributed by atoms with van der Waals surface area (Å²) in [4.78, 5) is 3.27. The molecule has 0 bridgehead atoms. The van der Waals surface area contributed by atoms with Crippen molar-refractivity contribution in [2.45, 2.75) is 27.0 Å². The van der Waals surface area contributed by atoms with E-state index in [1.54, 1.807) is 6.07 Å². The number of benzene rings is 3. The molecule has 3 aromatic carbocycles. The SMILES string of the molecule is FC(F)(F)c1ccccc1S.FC(F)(F)c1ccccc1Sc1ccccc1N1CCNCC1. The molecule has 2 nitrogen and oxygen atoms in total. The zero-order valence-electron chi connectivity index (χ0n) is 17.8. The number of nitrogens with one attached hydrogen (secondary N) is 1. The second-order valence-electron chi connectivity index (χ2n) is 7.32. The van der Waals surface area contributed by atoms with E-state index in [2.05, 4.69) is 22.8 Å². The van der Waals surface area contributed by atoms with Crippen molar-refractivity contribution in [3.8, 4) is 0 Å². The molecule has 34 heavy (non-hydrogen) atoms. The van der Waals surface area contributed by atoms with Crippen LogP contribution in [0, 0.1) is 0 Å². The van der Waals surface area contributed by atoms with Crippen LogP contribution in [0.3, 0.4) is 0 Å². The summed E-state index contributed by atoms with van der Waals surface area (Å²) in [5.41, 5.74) is -0.278. The maximum Gasteiger partial charge on any atom is 0.417 e. The van der Waals surface area contributed by atoms with Crippen LogP contribution >= 0.6 is 24.4 Å². The molecule has 3 aromatic rings. The van der Waals surface area contributed by atoms with E-state index in [0.717, 1.165) is 48.9 Å². The maximum atomic E-state index is 13.2. The summed E-state index contributed by atoms with van der Waals surface area (Å²) in [5, 5.41) is 3.29. The molecule has 0 aromatic heterocycles. The first kappa shape index (κ1) is 26.3. The summed E-state index contributed by atoms with van der Waals surface area (Å²) in [7, 11) is 0. The van der Waals surface area contributed by atoms with Gasteiger partial charge < -0.3 is 10.2 Å². The first-order valence-electron chi connectivity index (χ1n) is 10.3. The van der Waals surface area contributed by atoms with Crippen LogP contribution in [-0.4, -0.2) is 26.2 Å². The molecule has 1 aliphatic rings. The molecule has 0 unspecified atom stereocenters. The highest BCUT2D eigenvalue weighted by atomic mass is 32.2. The van der Waals surface area contributed by atoms with E-state index in [0.29, 0.717) is 0 Å². The topological polar surface area (TPSA) is 15.3 Å². The van der Waals surface area contributed by atoms with E-state index in [1.807, 2.05) is 24.3 Å². The number of alkyl halides is 6. The highest BCUT2D eigenvalue weighted by molar-refractivity contribution is 7.99. The molecule has 1 aliphatic heterocycles. The second-order valence-corrected chi connectivity index (χ2v) is 8.88. The van der Waals surface area contributed by atoms with Crippen molar-refractivity contribution in [1.82, 2.24) is 5.32 Å². The summed E-state index contributed by atoms with van der Waals surface area (Å²) >= 11 is 4.85. The number of hydrogen-bond donors (Lipinski definition) is 2. The molecule has 182 valence electrons. The van der Waals surface area contributed by atoms with Gasteiger partial charge in [0.1, 0.15) is 0 Å². The number of piperazine rings is 1. The van der Waals surface area contributed by atoms with E-state index in [1.165, 1.54) is 42.1 Å². The van der Waals surface area contributed by atoms with Gasteiger partial charge in [0, 0.05) is 40.9 Å². The molecule has 1 N–H and O–H groups in total. The molecular formula is C24H22F6N2S2. The lowest BCUT2D eigenvalue weighted by Gasteiger charge is -2.31. The van der Waals surface area contributed by atoms with E-state index in [4.69, 9.17) is 0 Å². The molecule has 1 saturated heterocycles. The fourth-order valence-corrected chi connectivity index (χ4v) is 4.75. The van der Waals surface area contributed by atoms with Crippen molar-refractivity contribution >= 4 is 30.1 Å². The molecule has 0 saturated carbocycles. The Balaban J connectivity index is 0.000000248. The Kier molecular flexibility index (Phi) is 8.83. The lowest BCUT2D eigenvalue weighted by atomic mass is 10.2. The van der Waals surface area contributed by atoms with Crippen molar-refractivity contribution < 1.29 is 26.3 Å². The average Bonchev–Trinajstić information content (AvgIpc) is 2.80. The fraction of sp³-hybridized carbons (Fsp3) is 0.250. The van der Waals surface area contributed by atoms with Crippen LogP contribution in [0.5, 0.6) is 0 Å². The Labute approximate surface area is 203 Å². The summed E-state index contributed by atoms with van der Waals surface area (Å²) in [6.07, 6.45) is -8.63. The third-order valence-corrected chi connectivity index (χ3v) is 6.48. The molecular weight excluding hydrogens is 494 g/mol. The largest absolute Gasteiger partial charge is 0.417 e. The molecule has 1 heterocycles. The Morgan fingerprint density at radius 1 is 0.676 bits per heavy atom. The standard InChI is InChI=1S/C17H17F3N2S.C7H5F3S/c18-17(19,20)13-5-1-3-7-15(13)23-16-8-4-2-6-14(16)22-11-9-21-10-12-22;8-7(9,10)5-3-1-2-4-6(5)11/h1-8,21H,9-12H2;1-4,11H. The Hall–Kier alpha value is -2.30. The fourth-order valence-electron chi connectivity index (χ4n) is 3.33. The first-order valence-corrected chi connectivity index (χ1v) is 11.6. The smallest absolute Gasteiger partial charge is 0.368 e. The summed E-state index contributed by atoms with van der Waals surface area (Å²) in [6, 6.07) is 18.5. The minimum atomic E-state index is -4.34. The van der Waals surface area contributed by atoms with Crippen molar-refractivity contribution in [2.75, 3.05) is 31.1 Å². The van der Waals surface area contributed by atoms with Crippen LogP contribution in [0.25, 0.3) is 0 Å². The van der Waals surface area contributed by atoms with Crippen LogP contribution in [0.15, 0.2) is 87.5 Å². The second kappa shape index (κ2) is 11.4. The van der Waals surface area contributed by atoms with Crippen molar-refractivity contribution in [3.63, 3.8) is 0 Å². The van der Waals surface area contributed by atoms with Gasteiger partial charge >= 0.3 is 12.4 Å². The van der Waals surface area contributed by atoms with Crippen LogP contribution in [0.4, 0.5) is 32.0 Å². The highest BCUT2D eigenvalue weighted by Crippen LogP contribution is 2.42. The number of para-hydroxylation sites is 1. The number of halogens is 6. The molecule has 4 rings (SSSR count). The molecule has 10 heteroatoms. The third kappa shape index (κ3) is 7.10. The zero-order valence-corrected chi connectivity index (χ0v) is 19.5. The Morgan fingerprint density at radius 2 is 1.18 bits per heavy atom. The minimum absolute atomic E-state index is 0.0417. The molecule has 0 amide bonds. The molecule has 0 atom stereocenters. The van der Waals surface area contributed by atoms with Gasteiger partial charge in [-0.2, -0.15) is 26.3 Å². The lowest BCUT2D eigenvalue weighted by molar-refractivity contribution is -0.140. The predicted octanol–water partition coefficient (Wildman–Crippen LogP) is 7.26. The number of rotatable bonds is 3. The van der Waals surface area contributed by atoms with Crippen LogP contribution in [0.2, 0.25) is 0 Å². The molecule has 0 spiro atoms. The highest BCUT2D eigenvalue weighted by Gasteiger charge is 2.33. The number of anilines is 1. The van der Waals surface area contributed by atoms with Crippen molar-refractivity contribution in [2.24, 2.45) is 0 Å². The van der Waals surface area contributed by atoms with Gasteiger partial charge in [-0.15, -0.1) is 12.6 Å². The molecule has 1 fully saturated rings. The van der Waals surface area contributed by atoms with Gasteiger partial charge in [-0.05, 0) is 36.4 Å². The van der Waals surface area contributed by atoms with Crippen LogP contribution in [-0.2, 0) is 12.4 Å². The van der Waals surface area contributed by atoms with Crippen LogP contribution < -0.4 is 10.2 Å². The normalized spacial score (nSPS) is 14.4. The summed E-state index contributed by atoms with van der Waals surface area (Å²) in [5.74, 6) is 0. The van der Waals surface area contributed by atoms with E-state index in [-0.39, 0.29) is 9.79 Å². The Morgan fingerprint density at radius 3 is 1.74 bits per heavy atom. The lowest BCUT2D eigenvalue weighted by Crippen LogP contribution is -2.43. The van der Waals surface area contributed by atoms with E-state index in [9.17, 15) is 26.3 Å². The molecule has 0 radical (unpaired) electrons. The van der Waals surface area contributed by atoms with Gasteiger partial charge in [0.05, 0.1) is 16.8 Å². The maximum absolute atomic E-state index is 13.2. The van der Waals surface area contributed by atoms with Crippen molar-refractivity contribution in [1.29, 1.82) is 0 Å². The zero-order chi connectivity index (χ0) is 24.8. The van der Waals surface area contributed by atoms with E-state index < -0.39 is 23.5 Å². The van der Waals surface area contributed by atoms with Gasteiger partial charge in [-0.1, -0.05) is 48.2 Å². The van der Waals surface area contributed by atoms with Gasteiger partial charge in [0.2, 0.25) is 0 Å². The number of thiol groups is 1. The van der Waals surface area contributed by atoms with Gasteiger partial charge in [0.25, 0.3) is 0 Å². The summed E-state index contributed by atoms with van der Waals surface area (Å²) in [6.45, 7) is 3.49. The number of hydrogen-bond acceptors (Lipinski definition) is 4. The first-order chi connectivity index (χ1) is 16.1. The van der Waals surface area contributed by atoms with Gasteiger partial charge in [0.15, 0.2) is 0 Å². The quantitative estimate of drug-likeness (QED) is 0.282. The molecule has 0 aliphatic carbocycles. The average molecular weight is 517 g/mol. The van der Waals surface area contributed by atoms with Gasteiger partial charge in [-0.25, -0.2) is 0 Å². The summed E-state index contributed by atoms with van der Waals surface area (Å²) < 4.78 is 75.5. The van der Waals surface area contributed by atoms with Gasteiger partial charge in [-0.3, -0.25) is 0 Å². The van der Waals surface area contributed by atoms with Crippen molar-refractivity contribution in [3.05, 3.63) is 83.9 Å². The monoisotopic (exact) mass is 516 g/mol. The van der Waals surface area contributed by atoms with E-state index >= 15 is 0 Å². The minimum Gasteiger partial charge on any atom is -0.368 e.